The lowest BCUT2D eigenvalue weighted by Crippen LogP contribution is -2.12. The van der Waals surface area contributed by atoms with Gasteiger partial charge in [-0.3, -0.25) is 0 Å². The van der Waals surface area contributed by atoms with Gasteiger partial charge in [-0.15, -0.1) is 12.4 Å². The SMILES string of the molecule is CNCc1cn(S(=O)(=O)c2cccc(F)c2)c2cc(Nc3ccc(F)cc3C)ncc12.Cl. The van der Waals surface area contributed by atoms with Crippen LogP contribution in [0.15, 0.2) is 65.8 Å². The summed E-state index contributed by atoms with van der Waals surface area (Å²) in [4.78, 5) is 4.24. The Kier molecular flexibility index (Phi) is 6.82. The number of halogens is 3. The lowest BCUT2D eigenvalue weighted by Gasteiger charge is -2.11. The van der Waals surface area contributed by atoms with E-state index in [-0.39, 0.29) is 23.1 Å². The highest BCUT2D eigenvalue weighted by atomic mass is 35.5. The number of fused-ring (bicyclic) bond motifs is 1. The van der Waals surface area contributed by atoms with Crippen LogP contribution in [0, 0.1) is 18.6 Å². The quantitative estimate of drug-likeness (QED) is 0.418. The summed E-state index contributed by atoms with van der Waals surface area (Å²) in [6.07, 6.45) is 3.09. The monoisotopic (exact) mass is 478 g/mol. The zero-order valence-electron chi connectivity index (χ0n) is 17.3. The summed E-state index contributed by atoms with van der Waals surface area (Å²) in [5.41, 5.74) is 2.46. The Morgan fingerprint density at radius 2 is 1.81 bits per heavy atom. The second-order valence-corrected chi connectivity index (χ2v) is 8.93. The van der Waals surface area contributed by atoms with Crippen molar-refractivity contribution in [2.75, 3.05) is 12.4 Å². The van der Waals surface area contributed by atoms with Crippen LogP contribution in [0.25, 0.3) is 10.9 Å². The number of hydrogen-bond donors (Lipinski definition) is 2. The molecule has 32 heavy (non-hydrogen) atoms. The number of benzene rings is 2. The van der Waals surface area contributed by atoms with E-state index in [9.17, 15) is 17.2 Å². The van der Waals surface area contributed by atoms with Crippen molar-refractivity contribution in [3.63, 3.8) is 0 Å². The van der Waals surface area contributed by atoms with Gasteiger partial charge in [0.2, 0.25) is 0 Å². The number of rotatable bonds is 6. The fourth-order valence-electron chi connectivity index (χ4n) is 3.40. The van der Waals surface area contributed by atoms with Gasteiger partial charge in [-0.1, -0.05) is 6.07 Å². The molecule has 0 unspecified atom stereocenters. The number of aryl methyl sites for hydroxylation is 1. The molecule has 4 rings (SSSR count). The van der Waals surface area contributed by atoms with Gasteiger partial charge < -0.3 is 10.6 Å². The molecular formula is C22H21ClF2N4O2S. The fraction of sp³-hybridized carbons (Fsp3) is 0.136. The molecule has 10 heteroatoms. The number of aromatic nitrogens is 2. The van der Waals surface area contributed by atoms with Gasteiger partial charge in [0.25, 0.3) is 10.0 Å². The molecule has 168 valence electrons. The number of pyridine rings is 1. The number of anilines is 2. The molecule has 0 radical (unpaired) electrons. The first kappa shape index (κ1) is 23.6. The molecule has 2 aromatic heterocycles. The van der Waals surface area contributed by atoms with E-state index in [0.29, 0.717) is 34.5 Å². The van der Waals surface area contributed by atoms with E-state index in [4.69, 9.17) is 0 Å². The average molecular weight is 479 g/mol. The summed E-state index contributed by atoms with van der Waals surface area (Å²) in [7, 11) is -2.29. The summed E-state index contributed by atoms with van der Waals surface area (Å²) in [5, 5.41) is 6.76. The Morgan fingerprint density at radius 1 is 1.06 bits per heavy atom. The first-order valence-corrected chi connectivity index (χ1v) is 10.9. The first-order chi connectivity index (χ1) is 14.8. The molecule has 0 amide bonds. The highest BCUT2D eigenvalue weighted by molar-refractivity contribution is 7.90. The Hall–Kier alpha value is -3.01. The van der Waals surface area contributed by atoms with Crippen LogP contribution in [0.5, 0.6) is 0 Å². The maximum Gasteiger partial charge on any atom is 0.268 e. The standard InChI is InChI=1S/C22H20F2N4O2S.ClH/c1-14-8-17(24)6-7-20(14)27-22-10-21-19(12-26-22)15(11-25-2)13-28(21)31(29,30)18-5-3-4-16(23)9-18;/h3-10,12-13,25H,11H2,1-2H3,(H,26,27);1H. The van der Waals surface area contributed by atoms with E-state index in [1.807, 2.05) is 0 Å². The van der Waals surface area contributed by atoms with E-state index in [0.717, 1.165) is 15.6 Å². The Balaban J connectivity index is 0.00000289. The summed E-state index contributed by atoms with van der Waals surface area (Å²) in [6.45, 7) is 2.18. The van der Waals surface area contributed by atoms with Crippen molar-refractivity contribution in [3.05, 3.63) is 83.7 Å². The predicted molar refractivity (Wildman–Crippen MR) is 123 cm³/mol. The number of nitrogens with zero attached hydrogens (tertiary/aromatic N) is 2. The maximum absolute atomic E-state index is 13.7. The van der Waals surface area contributed by atoms with Crippen molar-refractivity contribution in [1.82, 2.24) is 14.3 Å². The first-order valence-electron chi connectivity index (χ1n) is 9.48. The van der Waals surface area contributed by atoms with Gasteiger partial charge in [-0.05, 0) is 61.5 Å². The van der Waals surface area contributed by atoms with E-state index in [2.05, 4.69) is 15.6 Å². The Morgan fingerprint density at radius 3 is 2.50 bits per heavy atom. The van der Waals surface area contributed by atoms with Gasteiger partial charge in [0.15, 0.2) is 0 Å². The molecule has 0 fully saturated rings. The molecule has 0 bridgehead atoms. The minimum absolute atomic E-state index is 0. The minimum atomic E-state index is -4.05. The topological polar surface area (TPSA) is 76.0 Å². The molecule has 0 saturated heterocycles. The second kappa shape index (κ2) is 9.23. The lowest BCUT2D eigenvalue weighted by atomic mass is 10.2. The molecular weight excluding hydrogens is 458 g/mol. The van der Waals surface area contributed by atoms with Crippen LogP contribution in [0.1, 0.15) is 11.1 Å². The summed E-state index contributed by atoms with van der Waals surface area (Å²) >= 11 is 0. The van der Waals surface area contributed by atoms with Crippen molar-refractivity contribution < 1.29 is 17.2 Å². The number of nitrogens with one attached hydrogen (secondary N) is 2. The van der Waals surface area contributed by atoms with Gasteiger partial charge in [-0.2, -0.15) is 0 Å². The lowest BCUT2D eigenvalue weighted by molar-refractivity contribution is 0.584. The Bertz CT molecular complexity index is 1390. The summed E-state index contributed by atoms with van der Waals surface area (Å²) in [5.74, 6) is -0.589. The molecule has 2 N–H and O–H groups in total. The fourth-order valence-corrected chi connectivity index (χ4v) is 4.82. The third-order valence-corrected chi connectivity index (χ3v) is 6.58. The zero-order chi connectivity index (χ0) is 22.2. The molecule has 2 heterocycles. The van der Waals surface area contributed by atoms with Crippen LogP contribution in [0.3, 0.4) is 0 Å². The van der Waals surface area contributed by atoms with E-state index in [1.54, 1.807) is 32.3 Å². The average Bonchev–Trinajstić information content (AvgIpc) is 3.09. The second-order valence-electron chi connectivity index (χ2n) is 7.11. The van der Waals surface area contributed by atoms with Crippen LogP contribution in [-0.4, -0.2) is 24.4 Å². The summed E-state index contributed by atoms with van der Waals surface area (Å²) < 4.78 is 54.8. The van der Waals surface area contributed by atoms with Crippen LogP contribution >= 0.6 is 12.4 Å². The molecule has 0 atom stereocenters. The van der Waals surface area contributed by atoms with Gasteiger partial charge in [0, 0.05) is 36.1 Å². The van der Waals surface area contributed by atoms with Crippen molar-refractivity contribution in [2.24, 2.45) is 0 Å². The van der Waals surface area contributed by atoms with Gasteiger partial charge >= 0.3 is 0 Å². The van der Waals surface area contributed by atoms with Crippen LogP contribution in [-0.2, 0) is 16.6 Å². The third-order valence-electron chi connectivity index (χ3n) is 4.91. The molecule has 0 saturated carbocycles. The molecule has 0 aliphatic rings. The Labute approximate surface area is 190 Å². The summed E-state index contributed by atoms with van der Waals surface area (Å²) in [6, 6.07) is 10.8. The van der Waals surface area contributed by atoms with Crippen LogP contribution < -0.4 is 10.6 Å². The van der Waals surface area contributed by atoms with E-state index < -0.39 is 15.8 Å². The zero-order valence-corrected chi connectivity index (χ0v) is 18.9. The normalized spacial score (nSPS) is 11.4. The molecule has 2 aromatic carbocycles. The smallest absolute Gasteiger partial charge is 0.268 e. The van der Waals surface area contributed by atoms with E-state index in [1.165, 1.54) is 36.5 Å². The van der Waals surface area contributed by atoms with Crippen LogP contribution in [0.4, 0.5) is 20.3 Å². The van der Waals surface area contributed by atoms with Gasteiger partial charge in [0.1, 0.15) is 17.5 Å². The van der Waals surface area contributed by atoms with Gasteiger partial charge in [0.05, 0.1) is 10.4 Å². The molecule has 0 spiro atoms. The molecule has 0 aliphatic heterocycles. The minimum Gasteiger partial charge on any atom is -0.340 e. The van der Waals surface area contributed by atoms with Crippen molar-refractivity contribution in [1.29, 1.82) is 0 Å². The molecule has 0 aliphatic carbocycles. The van der Waals surface area contributed by atoms with Crippen molar-refractivity contribution in [2.45, 2.75) is 18.4 Å². The molecule has 6 nitrogen and oxygen atoms in total. The third kappa shape index (κ3) is 4.45. The number of hydrogen-bond acceptors (Lipinski definition) is 5. The van der Waals surface area contributed by atoms with Crippen LogP contribution in [0.2, 0.25) is 0 Å². The van der Waals surface area contributed by atoms with Gasteiger partial charge in [-0.25, -0.2) is 26.2 Å². The van der Waals surface area contributed by atoms with E-state index >= 15 is 0 Å². The maximum atomic E-state index is 13.7. The predicted octanol–water partition coefficient (Wildman–Crippen LogP) is 4.74. The largest absolute Gasteiger partial charge is 0.340 e. The molecule has 4 aromatic rings. The van der Waals surface area contributed by atoms with Crippen molar-refractivity contribution in [3.8, 4) is 0 Å². The highest BCUT2D eigenvalue weighted by Crippen LogP contribution is 2.29. The van der Waals surface area contributed by atoms with Crippen molar-refractivity contribution >= 4 is 44.8 Å². The highest BCUT2D eigenvalue weighted by Gasteiger charge is 2.22.